The summed E-state index contributed by atoms with van der Waals surface area (Å²) in [5.74, 6) is 0.453. The fraction of sp³-hybridized carbons (Fsp3) is 0.368. The van der Waals surface area contributed by atoms with Gasteiger partial charge in [0.05, 0.1) is 4.90 Å². The molecule has 0 aliphatic carbocycles. The second-order valence-electron chi connectivity index (χ2n) is 6.26. The van der Waals surface area contributed by atoms with Crippen LogP contribution in [0.1, 0.15) is 36.3 Å². The average molecular weight is 329 g/mol. The average Bonchev–Trinajstić information content (AvgIpc) is 2.83. The highest BCUT2D eigenvalue weighted by Crippen LogP contribution is 2.30. The van der Waals surface area contributed by atoms with E-state index in [1.807, 2.05) is 25.1 Å². The normalized spacial score (nSPS) is 20.1. The fourth-order valence-corrected chi connectivity index (χ4v) is 4.72. The minimum absolute atomic E-state index is 0.404. The summed E-state index contributed by atoms with van der Waals surface area (Å²) in [7, 11) is -3.37. The van der Waals surface area contributed by atoms with Gasteiger partial charge >= 0.3 is 0 Å². The van der Waals surface area contributed by atoms with E-state index in [9.17, 15) is 8.42 Å². The molecular formula is C19H23NO2S. The third kappa shape index (κ3) is 3.65. The van der Waals surface area contributed by atoms with Gasteiger partial charge in [-0.25, -0.2) is 8.42 Å². The summed E-state index contributed by atoms with van der Waals surface area (Å²) >= 11 is 0. The van der Waals surface area contributed by atoms with Crippen LogP contribution in [0.4, 0.5) is 0 Å². The first-order chi connectivity index (χ1) is 11.1. The summed E-state index contributed by atoms with van der Waals surface area (Å²) < 4.78 is 27.3. The minimum atomic E-state index is -3.37. The molecule has 0 saturated carbocycles. The van der Waals surface area contributed by atoms with Gasteiger partial charge in [0.25, 0.3) is 0 Å². The molecule has 122 valence electrons. The molecule has 23 heavy (non-hydrogen) atoms. The topological polar surface area (TPSA) is 37.4 Å². The van der Waals surface area contributed by atoms with Crippen molar-refractivity contribution in [1.82, 2.24) is 4.31 Å². The van der Waals surface area contributed by atoms with Gasteiger partial charge < -0.3 is 0 Å². The third-order valence-electron chi connectivity index (χ3n) is 4.62. The molecular weight excluding hydrogens is 306 g/mol. The van der Waals surface area contributed by atoms with E-state index >= 15 is 0 Å². The SMILES string of the molecule is Cc1ccc(S(=O)(=O)N2CCCC(c3ccccc3)CC2)cc1. The highest BCUT2D eigenvalue weighted by atomic mass is 32.2. The Balaban J connectivity index is 1.76. The zero-order valence-corrected chi connectivity index (χ0v) is 14.3. The van der Waals surface area contributed by atoms with Crippen molar-refractivity contribution in [3.05, 3.63) is 65.7 Å². The third-order valence-corrected chi connectivity index (χ3v) is 6.53. The molecule has 0 radical (unpaired) electrons. The molecule has 1 aliphatic rings. The second-order valence-corrected chi connectivity index (χ2v) is 8.19. The van der Waals surface area contributed by atoms with E-state index < -0.39 is 10.0 Å². The molecule has 4 heteroatoms. The maximum absolute atomic E-state index is 12.8. The molecule has 2 aromatic rings. The number of sulfonamides is 1. The van der Waals surface area contributed by atoms with Crippen molar-refractivity contribution < 1.29 is 8.42 Å². The van der Waals surface area contributed by atoms with Gasteiger partial charge in [-0.3, -0.25) is 0 Å². The van der Waals surface area contributed by atoms with Crippen LogP contribution < -0.4 is 0 Å². The van der Waals surface area contributed by atoms with Crippen molar-refractivity contribution >= 4 is 10.0 Å². The van der Waals surface area contributed by atoms with Crippen LogP contribution in [0.3, 0.4) is 0 Å². The number of hydrogen-bond acceptors (Lipinski definition) is 2. The lowest BCUT2D eigenvalue weighted by atomic mass is 9.92. The molecule has 1 fully saturated rings. The Kier molecular flexibility index (Phi) is 4.83. The first kappa shape index (κ1) is 16.2. The predicted octanol–water partition coefficient (Wildman–Crippen LogP) is 3.95. The van der Waals surface area contributed by atoms with E-state index in [1.54, 1.807) is 16.4 Å². The van der Waals surface area contributed by atoms with Crippen molar-refractivity contribution in [2.45, 2.75) is 37.0 Å². The lowest BCUT2D eigenvalue weighted by Crippen LogP contribution is -2.32. The summed E-state index contributed by atoms with van der Waals surface area (Å²) in [6, 6.07) is 17.6. The number of rotatable bonds is 3. The maximum Gasteiger partial charge on any atom is 0.243 e. The Bertz CT molecular complexity index is 739. The van der Waals surface area contributed by atoms with Crippen LogP contribution in [-0.4, -0.2) is 25.8 Å². The zero-order chi connectivity index (χ0) is 16.3. The molecule has 3 rings (SSSR count). The molecule has 1 heterocycles. The van der Waals surface area contributed by atoms with Crippen LogP contribution in [0.25, 0.3) is 0 Å². The van der Waals surface area contributed by atoms with Crippen LogP contribution in [-0.2, 0) is 10.0 Å². The summed E-state index contributed by atoms with van der Waals surface area (Å²) in [4.78, 5) is 0.404. The van der Waals surface area contributed by atoms with Gasteiger partial charge in [0.15, 0.2) is 0 Å². The van der Waals surface area contributed by atoms with Crippen LogP contribution in [0.15, 0.2) is 59.5 Å². The van der Waals surface area contributed by atoms with E-state index in [4.69, 9.17) is 0 Å². The smallest absolute Gasteiger partial charge is 0.207 e. The molecule has 0 amide bonds. The Labute approximate surface area is 139 Å². The summed E-state index contributed by atoms with van der Waals surface area (Å²) in [6.07, 6.45) is 2.84. The Morgan fingerprint density at radius 2 is 1.61 bits per heavy atom. The minimum Gasteiger partial charge on any atom is -0.207 e. The first-order valence-corrected chi connectivity index (χ1v) is 9.63. The molecule has 0 bridgehead atoms. The van der Waals surface area contributed by atoms with Crippen molar-refractivity contribution in [3.8, 4) is 0 Å². The van der Waals surface area contributed by atoms with Gasteiger partial charge in [-0.05, 0) is 49.8 Å². The van der Waals surface area contributed by atoms with Crippen molar-refractivity contribution in [2.24, 2.45) is 0 Å². The highest BCUT2D eigenvalue weighted by Gasteiger charge is 2.27. The van der Waals surface area contributed by atoms with Crippen LogP contribution in [0.2, 0.25) is 0 Å². The van der Waals surface area contributed by atoms with E-state index in [0.29, 0.717) is 23.9 Å². The monoisotopic (exact) mass is 329 g/mol. The predicted molar refractivity (Wildman–Crippen MR) is 93.0 cm³/mol. The lowest BCUT2D eigenvalue weighted by Gasteiger charge is -2.20. The van der Waals surface area contributed by atoms with E-state index in [0.717, 1.165) is 24.8 Å². The van der Waals surface area contributed by atoms with Gasteiger partial charge in [-0.2, -0.15) is 4.31 Å². The number of nitrogens with zero attached hydrogens (tertiary/aromatic N) is 1. The molecule has 0 aromatic heterocycles. The van der Waals surface area contributed by atoms with E-state index in [2.05, 4.69) is 24.3 Å². The fourth-order valence-electron chi connectivity index (χ4n) is 3.23. The maximum atomic E-state index is 12.8. The molecule has 2 aromatic carbocycles. The zero-order valence-electron chi connectivity index (χ0n) is 13.5. The molecule has 1 unspecified atom stereocenters. The van der Waals surface area contributed by atoms with Crippen molar-refractivity contribution in [2.75, 3.05) is 13.1 Å². The van der Waals surface area contributed by atoms with E-state index in [1.165, 1.54) is 5.56 Å². The Hall–Kier alpha value is -1.65. The van der Waals surface area contributed by atoms with Crippen molar-refractivity contribution in [1.29, 1.82) is 0 Å². The molecule has 1 atom stereocenters. The van der Waals surface area contributed by atoms with Gasteiger partial charge in [0.1, 0.15) is 0 Å². The molecule has 1 saturated heterocycles. The number of aryl methyl sites for hydroxylation is 1. The second kappa shape index (κ2) is 6.85. The van der Waals surface area contributed by atoms with Gasteiger partial charge in [0.2, 0.25) is 10.0 Å². The summed E-state index contributed by atoms with van der Waals surface area (Å²) in [6.45, 7) is 3.17. The van der Waals surface area contributed by atoms with Crippen LogP contribution in [0.5, 0.6) is 0 Å². The molecule has 3 nitrogen and oxygen atoms in total. The standard InChI is InChI=1S/C19H23NO2S/c1-16-9-11-19(12-10-16)23(21,22)20-14-5-8-18(13-15-20)17-6-3-2-4-7-17/h2-4,6-7,9-12,18H,5,8,13-15H2,1H3. The first-order valence-electron chi connectivity index (χ1n) is 8.19. The lowest BCUT2D eigenvalue weighted by molar-refractivity contribution is 0.421. The molecule has 1 aliphatic heterocycles. The van der Waals surface area contributed by atoms with Gasteiger partial charge in [-0.1, -0.05) is 48.0 Å². The molecule has 0 N–H and O–H groups in total. The van der Waals surface area contributed by atoms with Crippen molar-refractivity contribution in [3.63, 3.8) is 0 Å². The van der Waals surface area contributed by atoms with Gasteiger partial charge in [-0.15, -0.1) is 0 Å². The molecule has 0 spiro atoms. The van der Waals surface area contributed by atoms with Crippen LogP contribution >= 0.6 is 0 Å². The highest BCUT2D eigenvalue weighted by molar-refractivity contribution is 7.89. The van der Waals surface area contributed by atoms with Crippen LogP contribution in [0, 0.1) is 6.92 Å². The Morgan fingerprint density at radius 3 is 2.30 bits per heavy atom. The Morgan fingerprint density at radius 1 is 0.913 bits per heavy atom. The summed E-state index contributed by atoms with van der Waals surface area (Å²) in [5, 5.41) is 0. The largest absolute Gasteiger partial charge is 0.243 e. The number of hydrogen-bond donors (Lipinski definition) is 0. The summed E-state index contributed by atoms with van der Waals surface area (Å²) in [5.41, 5.74) is 2.39. The van der Waals surface area contributed by atoms with Gasteiger partial charge in [0, 0.05) is 13.1 Å². The number of benzene rings is 2. The van der Waals surface area contributed by atoms with E-state index in [-0.39, 0.29) is 0 Å². The quantitative estimate of drug-likeness (QED) is 0.855.